The van der Waals surface area contributed by atoms with E-state index in [0.717, 1.165) is 41.3 Å². The van der Waals surface area contributed by atoms with Crippen molar-refractivity contribution >= 4 is 5.91 Å². The lowest BCUT2D eigenvalue weighted by Gasteiger charge is -2.29. The van der Waals surface area contributed by atoms with E-state index in [9.17, 15) is 4.79 Å². The first-order valence-electron chi connectivity index (χ1n) is 7.25. The smallest absolute Gasteiger partial charge is 0.234 e. The molecular formula is C16H19N3O3. The Labute approximate surface area is 128 Å². The zero-order chi connectivity index (χ0) is 15.7. The van der Waals surface area contributed by atoms with Gasteiger partial charge >= 0.3 is 0 Å². The minimum atomic E-state index is -0.317. The quantitative estimate of drug-likeness (QED) is 0.927. The van der Waals surface area contributed by atoms with Gasteiger partial charge in [-0.25, -0.2) is 0 Å². The molecule has 0 saturated heterocycles. The summed E-state index contributed by atoms with van der Waals surface area (Å²) in [4.78, 5) is 13.5. The van der Waals surface area contributed by atoms with Crippen molar-refractivity contribution in [3.8, 4) is 17.0 Å². The number of hydrogen-bond acceptors (Lipinski definition) is 5. The molecule has 1 aliphatic rings. The molecule has 3 rings (SSSR count). The number of aromatic nitrogens is 1. The maximum absolute atomic E-state index is 11.4. The van der Waals surface area contributed by atoms with Crippen molar-refractivity contribution in [2.75, 3.05) is 13.7 Å². The van der Waals surface area contributed by atoms with Crippen LogP contribution < -0.4 is 10.5 Å². The van der Waals surface area contributed by atoms with Gasteiger partial charge in [0.25, 0.3) is 0 Å². The summed E-state index contributed by atoms with van der Waals surface area (Å²) >= 11 is 0. The first kappa shape index (κ1) is 14.6. The number of carbonyl (C=O) groups is 1. The molecule has 1 aromatic carbocycles. The molecule has 1 atom stereocenters. The number of nitrogens with two attached hydrogens (primary N) is 1. The van der Waals surface area contributed by atoms with Crippen LogP contribution >= 0.6 is 0 Å². The van der Waals surface area contributed by atoms with Gasteiger partial charge in [-0.15, -0.1) is 0 Å². The van der Waals surface area contributed by atoms with Crippen LogP contribution in [0.15, 0.2) is 28.8 Å². The Morgan fingerprint density at radius 2 is 2.32 bits per heavy atom. The van der Waals surface area contributed by atoms with Crippen molar-refractivity contribution in [1.29, 1.82) is 0 Å². The molecule has 0 unspecified atom stereocenters. The van der Waals surface area contributed by atoms with Crippen LogP contribution in [0.3, 0.4) is 0 Å². The van der Waals surface area contributed by atoms with Crippen molar-refractivity contribution in [1.82, 2.24) is 10.1 Å². The molecule has 6 heteroatoms. The first-order chi connectivity index (χ1) is 10.6. The van der Waals surface area contributed by atoms with Gasteiger partial charge in [0, 0.05) is 30.6 Å². The maximum atomic E-state index is 11.4. The van der Waals surface area contributed by atoms with E-state index in [4.69, 9.17) is 15.0 Å². The standard InChI is InChI=1S/C16H19N3O3/c1-10(16(17)20)19-7-6-14-13(9-19)15(18-22-14)11-4-3-5-12(8-11)21-2/h3-5,8,10H,6-7,9H2,1-2H3,(H2,17,20)/t10-/m1/s1. The zero-order valence-electron chi connectivity index (χ0n) is 12.7. The highest BCUT2D eigenvalue weighted by Gasteiger charge is 2.29. The summed E-state index contributed by atoms with van der Waals surface area (Å²) in [6.45, 7) is 3.17. The fraction of sp³-hybridized carbons (Fsp3) is 0.375. The average molecular weight is 301 g/mol. The van der Waals surface area contributed by atoms with E-state index in [1.54, 1.807) is 7.11 Å². The summed E-state index contributed by atoms with van der Waals surface area (Å²) in [5.74, 6) is 1.33. The molecule has 0 spiro atoms. The van der Waals surface area contributed by atoms with Crippen LogP contribution in [0.1, 0.15) is 18.2 Å². The highest BCUT2D eigenvalue weighted by Crippen LogP contribution is 2.32. The van der Waals surface area contributed by atoms with E-state index in [-0.39, 0.29) is 11.9 Å². The summed E-state index contributed by atoms with van der Waals surface area (Å²) in [5.41, 5.74) is 8.18. The molecule has 0 fully saturated rings. The molecule has 22 heavy (non-hydrogen) atoms. The Bertz CT molecular complexity index is 696. The second-order valence-electron chi connectivity index (χ2n) is 5.46. The molecule has 2 heterocycles. The third-order valence-electron chi connectivity index (χ3n) is 4.16. The Hall–Kier alpha value is -2.34. The molecule has 2 aromatic rings. The third kappa shape index (κ3) is 2.57. The highest BCUT2D eigenvalue weighted by atomic mass is 16.5. The molecule has 1 aromatic heterocycles. The van der Waals surface area contributed by atoms with Crippen LogP contribution in [0, 0.1) is 0 Å². The number of amides is 1. The van der Waals surface area contributed by atoms with Crippen molar-refractivity contribution in [3.63, 3.8) is 0 Å². The van der Waals surface area contributed by atoms with E-state index in [2.05, 4.69) is 5.16 Å². The van der Waals surface area contributed by atoms with Crippen LogP contribution in [0.4, 0.5) is 0 Å². The van der Waals surface area contributed by atoms with E-state index < -0.39 is 0 Å². The van der Waals surface area contributed by atoms with Gasteiger partial charge in [-0.2, -0.15) is 0 Å². The lowest BCUT2D eigenvalue weighted by molar-refractivity contribution is -0.123. The molecule has 2 N–H and O–H groups in total. The molecular weight excluding hydrogens is 282 g/mol. The summed E-state index contributed by atoms with van der Waals surface area (Å²) in [6.07, 6.45) is 0.726. The van der Waals surface area contributed by atoms with Crippen LogP contribution in [-0.2, 0) is 17.8 Å². The summed E-state index contributed by atoms with van der Waals surface area (Å²) in [7, 11) is 1.63. The van der Waals surface area contributed by atoms with Crippen LogP contribution in [-0.4, -0.2) is 35.7 Å². The molecule has 0 saturated carbocycles. The SMILES string of the molecule is COc1cccc(-c2noc3c2CN([C@H](C)C(N)=O)CC3)c1. The number of fused-ring (bicyclic) bond motifs is 1. The van der Waals surface area contributed by atoms with E-state index in [1.165, 1.54) is 0 Å². The number of hydrogen-bond donors (Lipinski definition) is 1. The van der Waals surface area contributed by atoms with E-state index in [1.807, 2.05) is 36.1 Å². The number of nitrogens with zero attached hydrogens (tertiary/aromatic N) is 2. The molecule has 0 radical (unpaired) electrons. The normalized spacial score (nSPS) is 16.1. The predicted octanol–water partition coefficient (Wildman–Crippen LogP) is 1.58. The van der Waals surface area contributed by atoms with Crippen molar-refractivity contribution < 1.29 is 14.1 Å². The zero-order valence-corrected chi connectivity index (χ0v) is 12.7. The number of carbonyl (C=O) groups excluding carboxylic acids is 1. The molecule has 1 amide bonds. The fourth-order valence-corrected chi connectivity index (χ4v) is 2.74. The Morgan fingerprint density at radius 3 is 3.05 bits per heavy atom. The van der Waals surface area contributed by atoms with Gasteiger partial charge in [0.05, 0.1) is 13.2 Å². The summed E-state index contributed by atoms with van der Waals surface area (Å²) < 4.78 is 10.7. The topological polar surface area (TPSA) is 81.6 Å². The van der Waals surface area contributed by atoms with Gasteiger partial charge in [-0.3, -0.25) is 9.69 Å². The minimum Gasteiger partial charge on any atom is -0.497 e. The third-order valence-corrected chi connectivity index (χ3v) is 4.16. The molecule has 0 bridgehead atoms. The number of methoxy groups -OCH3 is 1. The minimum absolute atomic E-state index is 0.304. The van der Waals surface area contributed by atoms with Gasteiger partial charge in [-0.1, -0.05) is 17.3 Å². The lowest BCUT2D eigenvalue weighted by Crippen LogP contribution is -2.44. The number of primary amides is 1. The lowest BCUT2D eigenvalue weighted by atomic mass is 10.00. The maximum Gasteiger partial charge on any atom is 0.234 e. The van der Waals surface area contributed by atoms with Gasteiger partial charge in [-0.05, 0) is 19.1 Å². The predicted molar refractivity (Wildman–Crippen MR) is 81.3 cm³/mol. The number of ether oxygens (including phenoxy) is 1. The van der Waals surface area contributed by atoms with Gasteiger partial charge in [0.2, 0.25) is 5.91 Å². The van der Waals surface area contributed by atoms with Crippen molar-refractivity contribution in [2.45, 2.75) is 25.9 Å². The highest BCUT2D eigenvalue weighted by molar-refractivity contribution is 5.79. The Morgan fingerprint density at radius 1 is 1.50 bits per heavy atom. The van der Waals surface area contributed by atoms with Gasteiger partial charge < -0.3 is 15.0 Å². The van der Waals surface area contributed by atoms with Crippen molar-refractivity contribution in [3.05, 3.63) is 35.6 Å². The van der Waals surface area contributed by atoms with Crippen LogP contribution in [0.2, 0.25) is 0 Å². The largest absolute Gasteiger partial charge is 0.497 e. The molecule has 116 valence electrons. The molecule has 0 aliphatic carbocycles. The van der Waals surface area contributed by atoms with E-state index >= 15 is 0 Å². The van der Waals surface area contributed by atoms with Gasteiger partial charge in [0.15, 0.2) is 0 Å². The average Bonchev–Trinajstić information content (AvgIpc) is 2.97. The second kappa shape index (κ2) is 5.81. The van der Waals surface area contributed by atoms with Crippen molar-refractivity contribution in [2.24, 2.45) is 5.73 Å². The second-order valence-corrected chi connectivity index (χ2v) is 5.46. The monoisotopic (exact) mass is 301 g/mol. The van der Waals surface area contributed by atoms with Crippen LogP contribution in [0.5, 0.6) is 5.75 Å². The molecule has 1 aliphatic heterocycles. The Kier molecular flexibility index (Phi) is 3.85. The Balaban J connectivity index is 1.93. The summed E-state index contributed by atoms with van der Waals surface area (Å²) in [5, 5.41) is 4.21. The summed E-state index contributed by atoms with van der Waals surface area (Å²) in [6, 6.07) is 7.40. The molecule has 6 nitrogen and oxygen atoms in total. The number of rotatable bonds is 4. The first-order valence-corrected chi connectivity index (χ1v) is 7.25. The van der Waals surface area contributed by atoms with Gasteiger partial charge in [0.1, 0.15) is 17.2 Å². The van der Waals surface area contributed by atoms with Crippen LogP contribution in [0.25, 0.3) is 11.3 Å². The fourth-order valence-electron chi connectivity index (χ4n) is 2.74. The number of benzene rings is 1. The van der Waals surface area contributed by atoms with E-state index in [0.29, 0.717) is 6.54 Å².